The zero-order valence-corrected chi connectivity index (χ0v) is 19.6. The van der Waals surface area contributed by atoms with Crippen LogP contribution in [0.3, 0.4) is 0 Å². The number of anilines is 2. The molecule has 7 nitrogen and oxygen atoms in total. The summed E-state index contributed by atoms with van der Waals surface area (Å²) < 4.78 is 26.3. The Hall–Kier alpha value is -3.65. The van der Waals surface area contributed by atoms with Crippen molar-refractivity contribution in [2.75, 3.05) is 30.0 Å². The molecule has 1 heterocycles. The number of nitrogens with one attached hydrogen (secondary N) is 1. The van der Waals surface area contributed by atoms with Crippen LogP contribution in [0.5, 0.6) is 0 Å². The maximum Gasteiger partial charge on any atom is 0.274 e. The summed E-state index contributed by atoms with van der Waals surface area (Å²) in [6, 6.07) is 23.9. The number of hydrogen-bond acceptors (Lipinski definition) is 5. The number of nitrogens with zero attached hydrogens (tertiary/aromatic N) is 3. The second-order valence-corrected chi connectivity index (χ2v) is 9.94. The highest BCUT2D eigenvalue weighted by molar-refractivity contribution is 7.92. The van der Waals surface area contributed by atoms with E-state index >= 15 is 0 Å². The van der Waals surface area contributed by atoms with E-state index < -0.39 is 10.0 Å². The SMILES string of the molecule is CN(C)c1ccc([C@@H]2CC(c3ccccc3NS(C)(=O)=O)=NN2C(=O)c2ccccc2)cc1. The van der Waals surface area contributed by atoms with Crippen molar-refractivity contribution in [1.29, 1.82) is 0 Å². The summed E-state index contributed by atoms with van der Waals surface area (Å²) in [6.07, 6.45) is 1.57. The molecular formula is C25H26N4O3S. The van der Waals surface area contributed by atoms with Crippen LogP contribution in [0.4, 0.5) is 11.4 Å². The predicted molar refractivity (Wildman–Crippen MR) is 132 cm³/mol. The highest BCUT2D eigenvalue weighted by Gasteiger charge is 2.34. The lowest BCUT2D eigenvalue weighted by Gasteiger charge is -2.23. The summed E-state index contributed by atoms with van der Waals surface area (Å²) in [5, 5.41) is 6.20. The molecule has 3 aromatic carbocycles. The van der Waals surface area contributed by atoms with Crippen LogP contribution < -0.4 is 9.62 Å². The van der Waals surface area contributed by atoms with Gasteiger partial charge in [0, 0.05) is 37.3 Å². The van der Waals surface area contributed by atoms with Crippen LogP contribution in [-0.4, -0.2) is 45.4 Å². The number of carbonyl (C=O) groups is 1. The summed E-state index contributed by atoms with van der Waals surface area (Å²) in [5.41, 5.74) is 4.29. The highest BCUT2D eigenvalue weighted by atomic mass is 32.2. The Morgan fingerprint density at radius 1 is 0.970 bits per heavy atom. The van der Waals surface area contributed by atoms with Crippen molar-refractivity contribution in [3.05, 3.63) is 95.6 Å². The van der Waals surface area contributed by atoms with Crippen molar-refractivity contribution in [2.24, 2.45) is 5.10 Å². The second-order valence-electron chi connectivity index (χ2n) is 8.19. The normalized spacial score (nSPS) is 15.8. The molecule has 170 valence electrons. The zero-order valence-electron chi connectivity index (χ0n) is 18.8. The van der Waals surface area contributed by atoms with Crippen LogP contribution in [-0.2, 0) is 10.0 Å². The van der Waals surface area contributed by atoms with E-state index in [9.17, 15) is 13.2 Å². The van der Waals surface area contributed by atoms with Gasteiger partial charge in [-0.2, -0.15) is 5.10 Å². The van der Waals surface area contributed by atoms with Crippen molar-refractivity contribution < 1.29 is 13.2 Å². The predicted octanol–water partition coefficient (Wildman–Crippen LogP) is 4.12. The summed E-state index contributed by atoms with van der Waals surface area (Å²) in [7, 11) is 0.479. The molecule has 3 aromatic rings. The first kappa shape index (κ1) is 22.5. The van der Waals surface area contributed by atoms with Crippen molar-refractivity contribution in [3.63, 3.8) is 0 Å². The average molecular weight is 463 g/mol. The lowest BCUT2D eigenvalue weighted by molar-refractivity contribution is 0.0711. The number of carbonyl (C=O) groups excluding carboxylic acids is 1. The summed E-state index contributed by atoms with van der Waals surface area (Å²) in [5.74, 6) is -0.208. The van der Waals surface area contributed by atoms with E-state index in [2.05, 4.69) is 4.72 Å². The fourth-order valence-corrected chi connectivity index (χ4v) is 4.43. The van der Waals surface area contributed by atoms with Gasteiger partial charge in [-0.15, -0.1) is 0 Å². The number of rotatable bonds is 6. The minimum atomic E-state index is -3.47. The van der Waals surface area contributed by atoms with Crippen LogP contribution in [0.2, 0.25) is 0 Å². The van der Waals surface area contributed by atoms with Gasteiger partial charge in [0.1, 0.15) is 0 Å². The van der Waals surface area contributed by atoms with Gasteiger partial charge in [-0.1, -0.05) is 48.5 Å². The third kappa shape index (κ3) is 5.06. The number of sulfonamides is 1. The van der Waals surface area contributed by atoms with Gasteiger partial charge in [0.25, 0.3) is 5.91 Å². The first-order valence-corrected chi connectivity index (χ1v) is 12.4. The average Bonchev–Trinajstić information content (AvgIpc) is 3.24. The third-order valence-corrected chi connectivity index (χ3v) is 6.06. The monoisotopic (exact) mass is 462 g/mol. The van der Waals surface area contributed by atoms with Gasteiger partial charge >= 0.3 is 0 Å². The maximum atomic E-state index is 13.4. The van der Waals surface area contributed by atoms with E-state index in [4.69, 9.17) is 5.10 Å². The van der Waals surface area contributed by atoms with Gasteiger partial charge in [-0.3, -0.25) is 9.52 Å². The van der Waals surface area contributed by atoms with Gasteiger partial charge in [0.15, 0.2) is 0 Å². The van der Waals surface area contributed by atoms with Crippen LogP contribution in [0.25, 0.3) is 0 Å². The Balaban J connectivity index is 1.75. The number of hydrazone groups is 1. The second kappa shape index (κ2) is 9.07. The van der Waals surface area contributed by atoms with Crippen LogP contribution in [0.1, 0.15) is 33.9 Å². The van der Waals surface area contributed by atoms with Crippen molar-refractivity contribution in [1.82, 2.24) is 5.01 Å². The highest BCUT2D eigenvalue weighted by Crippen LogP contribution is 2.36. The first-order valence-electron chi connectivity index (χ1n) is 10.5. The van der Waals surface area contributed by atoms with E-state index in [1.165, 1.54) is 5.01 Å². The molecule has 4 rings (SSSR count). The topological polar surface area (TPSA) is 82.1 Å². The number of amides is 1. The fraction of sp³-hybridized carbons (Fsp3) is 0.200. The molecular weight excluding hydrogens is 436 g/mol. The molecule has 1 N–H and O–H groups in total. The zero-order chi connectivity index (χ0) is 23.6. The van der Waals surface area contributed by atoms with Crippen LogP contribution in [0.15, 0.2) is 84.0 Å². The van der Waals surface area contributed by atoms with E-state index in [1.54, 1.807) is 24.3 Å². The molecule has 1 aliphatic rings. The van der Waals surface area contributed by atoms with E-state index in [-0.39, 0.29) is 11.9 Å². The van der Waals surface area contributed by atoms with Gasteiger partial charge in [0.2, 0.25) is 10.0 Å². The van der Waals surface area contributed by atoms with Crippen molar-refractivity contribution >= 4 is 33.0 Å². The fourth-order valence-electron chi connectivity index (χ4n) is 3.85. The largest absolute Gasteiger partial charge is 0.378 e. The Kier molecular flexibility index (Phi) is 6.20. The molecule has 0 bridgehead atoms. The number of para-hydroxylation sites is 1. The summed E-state index contributed by atoms with van der Waals surface area (Å²) in [4.78, 5) is 15.4. The van der Waals surface area contributed by atoms with Gasteiger partial charge in [0.05, 0.1) is 23.7 Å². The molecule has 0 fully saturated rings. The number of hydrogen-bond donors (Lipinski definition) is 1. The van der Waals surface area contributed by atoms with Gasteiger partial charge in [-0.25, -0.2) is 13.4 Å². The Morgan fingerprint density at radius 2 is 1.61 bits per heavy atom. The first-order chi connectivity index (χ1) is 15.7. The van der Waals surface area contributed by atoms with Gasteiger partial charge in [-0.05, 0) is 35.9 Å². The van der Waals surface area contributed by atoms with E-state index in [0.717, 1.165) is 17.5 Å². The minimum absolute atomic E-state index is 0.208. The molecule has 0 spiro atoms. The molecule has 1 atom stereocenters. The molecule has 1 aliphatic heterocycles. The molecule has 0 saturated carbocycles. The van der Waals surface area contributed by atoms with Crippen molar-refractivity contribution in [2.45, 2.75) is 12.5 Å². The van der Waals surface area contributed by atoms with Gasteiger partial charge < -0.3 is 4.90 Å². The molecule has 0 aliphatic carbocycles. The molecule has 33 heavy (non-hydrogen) atoms. The van der Waals surface area contributed by atoms with E-state index in [0.29, 0.717) is 28.9 Å². The Bertz CT molecular complexity index is 1290. The van der Waals surface area contributed by atoms with Crippen LogP contribution >= 0.6 is 0 Å². The number of benzene rings is 3. The molecule has 0 aromatic heterocycles. The molecule has 8 heteroatoms. The molecule has 0 saturated heterocycles. The standard InChI is InChI=1S/C25H26N4O3S/c1-28(2)20-15-13-18(14-16-20)24-17-23(21-11-7-8-12-22(21)27-33(3,31)32)26-29(24)25(30)19-9-5-4-6-10-19/h4-16,24,27H,17H2,1-3H3/t24-/m0/s1. The van der Waals surface area contributed by atoms with E-state index in [1.807, 2.05) is 73.6 Å². The molecule has 0 radical (unpaired) electrons. The smallest absolute Gasteiger partial charge is 0.274 e. The maximum absolute atomic E-state index is 13.4. The summed E-state index contributed by atoms with van der Waals surface area (Å²) in [6.45, 7) is 0. The third-order valence-electron chi connectivity index (χ3n) is 5.47. The molecule has 0 unspecified atom stereocenters. The Labute approximate surface area is 194 Å². The summed E-state index contributed by atoms with van der Waals surface area (Å²) >= 11 is 0. The molecule has 1 amide bonds. The quantitative estimate of drug-likeness (QED) is 0.598. The lowest BCUT2D eigenvalue weighted by atomic mass is 9.97. The lowest BCUT2D eigenvalue weighted by Crippen LogP contribution is -2.27. The minimum Gasteiger partial charge on any atom is -0.378 e. The van der Waals surface area contributed by atoms with Crippen molar-refractivity contribution in [3.8, 4) is 0 Å². The van der Waals surface area contributed by atoms with Crippen LogP contribution in [0, 0.1) is 0 Å². The Morgan fingerprint density at radius 3 is 2.24 bits per heavy atom.